The van der Waals surface area contributed by atoms with Crippen LogP contribution < -0.4 is 0 Å². The van der Waals surface area contributed by atoms with Crippen molar-refractivity contribution >= 4 is 6.09 Å². The van der Waals surface area contributed by atoms with Gasteiger partial charge >= 0.3 is 6.09 Å². The highest BCUT2D eigenvalue weighted by Gasteiger charge is 2.40. The third-order valence-corrected chi connectivity index (χ3v) is 4.35. The number of halogens is 2. The van der Waals surface area contributed by atoms with Crippen LogP contribution in [0, 0.1) is 11.6 Å². The zero-order valence-corrected chi connectivity index (χ0v) is 14.7. The molecule has 1 fully saturated rings. The quantitative estimate of drug-likeness (QED) is 0.760. The van der Waals surface area contributed by atoms with Crippen molar-refractivity contribution in [3.8, 4) is 0 Å². The number of rotatable bonds is 2. The van der Waals surface area contributed by atoms with E-state index in [1.54, 1.807) is 4.90 Å². The smallest absolute Gasteiger partial charge is 0.411 e. The molecule has 0 aliphatic carbocycles. The molecule has 3 rings (SSSR count). The van der Waals surface area contributed by atoms with E-state index in [9.17, 15) is 13.6 Å². The van der Waals surface area contributed by atoms with Gasteiger partial charge in [0.2, 0.25) is 0 Å². The van der Waals surface area contributed by atoms with Crippen molar-refractivity contribution in [3.63, 3.8) is 0 Å². The fourth-order valence-corrected chi connectivity index (χ4v) is 3.34. The first-order valence-corrected chi connectivity index (χ1v) is 8.46. The van der Waals surface area contributed by atoms with E-state index in [4.69, 9.17) is 9.47 Å². The lowest BCUT2D eigenvalue weighted by molar-refractivity contribution is -0.0536. The van der Waals surface area contributed by atoms with E-state index in [1.165, 1.54) is 18.2 Å². The molecule has 0 radical (unpaired) electrons. The van der Waals surface area contributed by atoms with E-state index in [-0.39, 0.29) is 30.2 Å². The Morgan fingerprint density at radius 1 is 1.28 bits per heavy atom. The first kappa shape index (κ1) is 17.9. The highest BCUT2D eigenvalue weighted by Crippen LogP contribution is 2.31. The second-order valence-corrected chi connectivity index (χ2v) is 7.55. The van der Waals surface area contributed by atoms with Crippen LogP contribution in [0.1, 0.15) is 32.8 Å². The molecule has 4 nitrogen and oxygen atoms in total. The summed E-state index contributed by atoms with van der Waals surface area (Å²) in [6.45, 7) is 6.22. The predicted octanol–water partition coefficient (Wildman–Crippen LogP) is 3.84. The van der Waals surface area contributed by atoms with E-state index in [2.05, 4.69) is 0 Å². The van der Waals surface area contributed by atoms with Gasteiger partial charge in [-0.15, -0.1) is 0 Å². The van der Waals surface area contributed by atoms with Crippen molar-refractivity contribution in [2.45, 2.75) is 51.3 Å². The summed E-state index contributed by atoms with van der Waals surface area (Å²) in [5, 5.41) is 0. The van der Waals surface area contributed by atoms with Crippen molar-refractivity contribution < 1.29 is 23.0 Å². The van der Waals surface area contributed by atoms with E-state index in [1.807, 2.05) is 26.8 Å². The first-order chi connectivity index (χ1) is 11.7. The van der Waals surface area contributed by atoms with Crippen molar-refractivity contribution in [2.75, 3.05) is 13.2 Å². The number of ether oxygens (including phenoxy) is 2. The molecule has 2 unspecified atom stereocenters. The molecule has 0 spiro atoms. The molecule has 136 valence electrons. The zero-order chi connectivity index (χ0) is 18.2. The fourth-order valence-electron chi connectivity index (χ4n) is 3.34. The van der Waals surface area contributed by atoms with Gasteiger partial charge < -0.3 is 9.47 Å². The van der Waals surface area contributed by atoms with Crippen LogP contribution in [0.25, 0.3) is 0 Å². The second-order valence-electron chi connectivity index (χ2n) is 7.55. The van der Waals surface area contributed by atoms with E-state index in [0.717, 1.165) is 5.57 Å². The van der Waals surface area contributed by atoms with Crippen LogP contribution in [0.15, 0.2) is 29.8 Å². The second kappa shape index (κ2) is 6.75. The van der Waals surface area contributed by atoms with Crippen molar-refractivity contribution in [1.82, 2.24) is 4.90 Å². The van der Waals surface area contributed by atoms with Crippen LogP contribution in [0.4, 0.5) is 13.6 Å². The van der Waals surface area contributed by atoms with Crippen molar-refractivity contribution in [2.24, 2.45) is 0 Å². The molecule has 2 heterocycles. The third-order valence-electron chi connectivity index (χ3n) is 4.35. The number of fused-ring (bicyclic) bond motifs is 2. The van der Waals surface area contributed by atoms with Gasteiger partial charge in [-0.25, -0.2) is 13.6 Å². The Bertz CT molecular complexity index is 676. The van der Waals surface area contributed by atoms with Crippen molar-refractivity contribution in [3.05, 3.63) is 47.0 Å². The number of nitrogens with zero attached hydrogens (tertiary/aromatic N) is 1. The van der Waals surface area contributed by atoms with E-state index < -0.39 is 17.2 Å². The number of morpholine rings is 1. The molecule has 25 heavy (non-hydrogen) atoms. The summed E-state index contributed by atoms with van der Waals surface area (Å²) in [5.74, 6) is -1.09. The standard InChI is InChI=1S/C19H23F2NO3/c1-19(2,3)25-18(23)22-13-7-12(8-14(22)11-24-10-13)9-15-16(20)5-4-6-17(15)21/h4-7,13-14H,8-11H2,1-3H3. The van der Waals surface area contributed by atoms with E-state index in [0.29, 0.717) is 19.6 Å². The molecule has 0 N–H and O–H groups in total. The Hall–Kier alpha value is -1.95. The minimum atomic E-state index is -0.577. The molecule has 1 aromatic carbocycles. The Kier molecular flexibility index (Phi) is 4.82. The first-order valence-electron chi connectivity index (χ1n) is 8.46. The Morgan fingerprint density at radius 3 is 2.56 bits per heavy atom. The number of carbonyl (C=O) groups excluding carboxylic acids is 1. The van der Waals surface area contributed by atoms with Gasteiger partial charge in [-0.1, -0.05) is 17.7 Å². The molecule has 0 saturated carbocycles. The maximum absolute atomic E-state index is 13.9. The van der Waals surface area contributed by atoms with Gasteiger partial charge in [-0.3, -0.25) is 4.90 Å². The molecule has 0 aromatic heterocycles. The fraction of sp³-hybridized carbons (Fsp3) is 0.526. The van der Waals surface area contributed by atoms with Crippen LogP contribution in [-0.2, 0) is 15.9 Å². The number of hydrogen-bond acceptors (Lipinski definition) is 3. The summed E-state index contributed by atoms with van der Waals surface area (Å²) >= 11 is 0. The normalized spacial score (nSPS) is 23.2. The number of benzene rings is 1. The molecule has 2 aliphatic heterocycles. The predicted molar refractivity (Wildman–Crippen MR) is 89.2 cm³/mol. The molecule has 1 amide bonds. The summed E-state index contributed by atoms with van der Waals surface area (Å²) < 4.78 is 38.9. The number of hydrogen-bond donors (Lipinski definition) is 0. The zero-order valence-electron chi connectivity index (χ0n) is 14.7. The van der Waals surface area contributed by atoms with Crippen LogP contribution in [0.2, 0.25) is 0 Å². The average molecular weight is 351 g/mol. The molecule has 2 aliphatic rings. The summed E-state index contributed by atoms with van der Waals surface area (Å²) in [5.41, 5.74) is 0.410. The topological polar surface area (TPSA) is 38.8 Å². The third kappa shape index (κ3) is 4.00. The minimum Gasteiger partial charge on any atom is -0.444 e. The molecule has 6 heteroatoms. The van der Waals surface area contributed by atoms with Gasteiger partial charge in [0, 0.05) is 5.56 Å². The Labute approximate surface area is 146 Å². The molecule has 2 atom stereocenters. The lowest BCUT2D eigenvalue weighted by atomic mass is 9.90. The van der Waals surface area contributed by atoms with Gasteiger partial charge in [0.15, 0.2) is 0 Å². The molecule has 1 aromatic rings. The van der Waals surface area contributed by atoms with Gasteiger partial charge in [0.25, 0.3) is 0 Å². The van der Waals surface area contributed by atoms with Crippen LogP contribution in [0.5, 0.6) is 0 Å². The van der Waals surface area contributed by atoms with Gasteiger partial charge in [0.1, 0.15) is 17.2 Å². The van der Waals surface area contributed by atoms with Crippen LogP contribution in [0.3, 0.4) is 0 Å². The monoisotopic (exact) mass is 351 g/mol. The largest absolute Gasteiger partial charge is 0.444 e. The highest BCUT2D eigenvalue weighted by molar-refractivity contribution is 5.70. The SMILES string of the molecule is CC(C)(C)OC(=O)N1C2C=C(Cc3c(F)cccc3F)CC1COC2. The number of amides is 1. The summed E-state index contributed by atoms with van der Waals surface area (Å²) in [6, 6.07) is 3.43. The average Bonchev–Trinajstić information content (AvgIpc) is 2.48. The lowest BCUT2D eigenvalue weighted by Gasteiger charge is -2.44. The van der Waals surface area contributed by atoms with Crippen LogP contribution in [-0.4, -0.2) is 41.9 Å². The summed E-state index contributed by atoms with van der Waals surface area (Å²) in [4.78, 5) is 14.2. The number of carbonyl (C=O) groups is 1. The maximum Gasteiger partial charge on any atom is 0.411 e. The van der Waals surface area contributed by atoms with E-state index >= 15 is 0 Å². The van der Waals surface area contributed by atoms with Gasteiger partial charge in [0.05, 0.1) is 25.3 Å². The van der Waals surface area contributed by atoms with Gasteiger partial charge in [-0.05, 0) is 45.7 Å². The maximum atomic E-state index is 13.9. The summed E-state index contributed by atoms with van der Waals surface area (Å²) in [6.07, 6.45) is 2.22. The Morgan fingerprint density at radius 2 is 1.96 bits per heavy atom. The lowest BCUT2D eigenvalue weighted by Crippen LogP contribution is -2.57. The van der Waals surface area contributed by atoms with Crippen molar-refractivity contribution in [1.29, 1.82) is 0 Å². The molecule has 2 bridgehead atoms. The van der Waals surface area contributed by atoms with Gasteiger partial charge in [-0.2, -0.15) is 0 Å². The highest BCUT2D eigenvalue weighted by atomic mass is 19.1. The summed E-state index contributed by atoms with van der Waals surface area (Å²) in [7, 11) is 0. The molecule has 1 saturated heterocycles. The molecular formula is C19H23F2NO3. The molecular weight excluding hydrogens is 328 g/mol. The van der Waals surface area contributed by atoms with Crippen LogP contribution >= 0.6 is 0 Å². The minimum absolute atomic E-state index is 0.0680. The Balaban J connectivity index is 1.80.